The van der Waals surface area contributed by atoms with E-state index in [0.717, 1.165) is 22.4 Å². The monoisotopic (exact) mass is 431 g/mol. The average Bonchev–Trinajstić information content (AvgIpc) is 3.15. The molecule has 0 radical (unpaired) electrons. The van der Waals surface area contributed by atoms with Gasteiger partial charge in [0.25, 0.3) is 0 Å². The number of halogens is 2. The van der Waals surface area contributed by atoms with E-state index in [9.17, 15) is 0 Å². The van der Waals surface area contributed by atoms with Crippen molar-refractivity contribution >= 4 is 34.7 Å². The van der Waals surface area contributed by atoms with E-state index in [1.54, 1.807) is 18.3 Å². The largest absolute Gasteiger partial charge is 0.387 e. The third-order valence-electron chi connectivity index (χ3n) is 4.53. The maximum absolute atomic E-state index is 5.93. The lowest BCUT2D eigenvalue weighted by Crippen LogP contribution is -2.28. The van der Waals surface area contributed by atoms with E-state index < -0.39 is 0 Å². The van der Waals surface area contributed by atoms with Crippen LogP contribution in [0, 0.1) is 0 Å². The fraction of sp³-hybridized carbons (Fsp3) is 0.250. The zero-order chi connectivity index (χ0) is 20.2. The number of anilines is 1. The van der Waals surface area contributed by atoms with Crippen LogP contribution in [0.15, 0.2) is 59.5 Å². The van der Waals surface area contributed by atoms with Crippen LogP contribution in [-0.2, 0) is 16.2 Å². The van der Waals surface area contributed by atoms with E-state index in [4.69, 9.17) is 38.5 Å². The van der Waals surface area contributed by atoms with Gasteiger partial charge in [-0.05, 0) is 41.5 Å². The van der Waals surface area contributed by atoms with Crippen LogP contribution in [0.1, 0.15) is 30.1 Å². The number of hydrogen-bond donors (Lipinski definition) is 2. The molecule has 2 atom stereocenters. The van der Waals surface area contributed by atoms with Crippen molar-refractivity contribution in [3.05, 3.63) is 75.8 Å². The lowest BCUT2D eigenvalue weighted by atomic mass is 10.00. The average molecular weight is 432 g/mol. The number of allylic oxidation sites excluding steroid dienone is 2. The Bertz CT molecular complexity index is 972. The first-order valence-corrected chi connectivity index (χ1v) is 9.81. The molecule has 4 heterocycles. The van der Waals surface area contributed by atoms with Crippen molar-refractivity contribution in [1.82, 2.24) is 15.3 Å². The molecular formula is C20H19Cl2N5O2. The summed E-state index contributed by atoms with van der Waals surface area (Å²) in [5.41, 5.74) is 9.69. The highest BCUT2D eigenvalue weighted by Crippen LogP contribution is 2.31. The summed E-state index contributed by atoms with van der Waals surface area (Å²) in [7, 11) is 0. The zero-order valence-electron chi connectivity index (χ0n) is 15.4. The summed E-state index contributed by atoms with van der Waals surface area (Å²) in [6.07, 6.45) is 8.49. The van der Waals surface area contributed by atoms with Gasteiger partial charge >= 0.3 is 0 Å². The molecule has 2 aromatic heterocycles. The molecule has 0 aliphatic carbocycles. The number of dihydropyridines is 1. The first kappa shape index (κ1) is 19.7. The first-order valence-electron chi connectivity index (χ1n) is 9.05. The summed E-state index contributed by atoms with van der Waals surface area (Å²) in [5, 5.41) is 8.11. The van der Waals surface area contributed by atoms with Gasteiger partial charge in [-0.25, -0.2) is 9.97 Å². The highest BCUT2D eigenvalue weighted by Gasteiger charge is 2.25. The van der Waals surface area contributed by atoms with E-state index in [0.29, 0.717) is 35.6 Å². The van der Waals surface area contributed by atoms with E-state index in [-0.39, 0.29) is 12.3 Å². The molecule has 9 heteroatoms. The summed E-state index contributed by atoms with van der Waals surface area (Å²) in [6.45, 7) is 0.363. The van der Waals surface area contributed by atoms with Crippen LogP contribution in [0.5, 0.6) is 0 Å². The van der Waals surface area contributed by atoms with Crippen LogP contribution in [-0.4, -0.2) is 21.9 Å². The summed E-state index contributed by atoms with van der Waals surface area (Å²) in [4.78, 5) is 13.6. The lowest BCUT2D eigenvalue weighted by molar-refractivity contribution is 0.0578. The molecule has 0 fully saturated rings. The van der Waals surface area contributed by atoms with Crippen molar-refractivity contribution in [1.29, 1.82) is 0 Å². The standard InChI is InChI=1S/C20H19Cl2N5O2/c21-17-7-13(8-18(22)26-17)11-28-19-4-3-12(10-25-19)6-14-9-16(29-27-14)15-2-1-5-24-20(15)23/h1-5,7-8,10,16,19,25H,6,9,11H2,(H2,23,24). The highest BCUT2D eigenvalue weighted by atomic mass is 35.5. The summed E-state index contributed by atoms with van der Waals surface area (Å²) >= 11 is 11.8. The normalized spacial score (nSPS) is 20.6. The van der Waals surface area contributed by atoms with Gasteiger partial charge in [-0.2, -0.15) is 0 Å². The van der Waals surface area contributed by atoms with Crippen LogP contribution in [0.25, 0.3) is 0 Å². The predicted octanol–water partition coefficient (Wildman–Crippen LogP) is 4.16. The molecule has 2 aliphatic rings. The maximum Gasteiger partial charge on any atom is 0.161 e. The van der Waals surface area contributed by atoms with Gasteiger partial charge in [0.2, 0.25) is 0 Å². The lowest BCUT2D eigenvalue weighted by Gasteiger charge is -2.19. The Kier molecular flexibility index (Phi) is 5.99. The van der Waals surface area contributed by atoms with Gasteiger partial charge in [0.1, 0.15) is 22.4 Å². The van der Waals surface area contributed by atoms with Crippen molar-refractivity contribution in [3.8, 4) is 0 Å². The number of nitrogen functional groups attached to an aromatic ring is 1. The molecular weight excluding hydrogens is 413 g/mol. The molecule has 2 aliphatic heterocycles. The zero-order valence-corrected chi connectivity index (χ0v) is 16.9. The number of pyridine rings is 2. The van der Waals surface area contributed by atoms with Gasteiger partial charge in [0.15, 0.2) is 6.10 Å². The van der Waals surface area contributed by atoms with Crippen LogP contribution < -0.4 is 11.1 Å². The Morgan fingerprint density at radius 2 is 2.10 bits per heavy atom. The molecule has 2 aromatic rings. The second kappa shape index (κ2) is 8.82. The Balaban J connectivity index is 1.26. The topological polar surface area (TPSA) is 94.7 Å². The number of ether oxygens (including phenoxy) is 1. The Morgan fingerprint density at radius 3 is 2.83 bits per heavy atom. The molecule has 0 amide bonds. The van der Waals surface area contributed by atoms with Crippen LogP contribution in [0.3, 0.4) is 0 Å². The molecule has 150 valence electrons. The third kappa shape index (κ3) is 5.06. The molecule has 4 rings (SSSR count). The highest BCUT2D eigenvalue weighted by molar-refractivity contribution is 6.32. The Hall–Kier alpha value is -2.61. The predicted molar refractivity (Wildman–Crippen MR) is 112 cm³/mol. The molecule has 0 aromatic carbocycles. The maximum atomic E-state index is 5.93. The molecule has 3 N–H and O–H groups in total. The molecule has 2 unspecified atom stereocenters. The number of nitrogens with one attached hydrogen (secondary N) is 1. The van der Waals surface area contributed by atoms with Gasteiger partial charge in [0.05, 0.1) is 12.3 Å². The van der Waals surface area contributed by atoms with Gasteiger partial charge in [-0.1, -0.05) is 34.4 Å². The first-order chi connectivity index (χ1) is 14.1. The van der Waals surface area contributed by atoms with Crippen molar-refractivity contribution < 1.29 is 9.57 Å². The van der Waals surface area contributed by atoms with Crippen molar-refractivity contribution in [3.63, 3.8) is 0 Å². The number of nitrogens with zero attached hydrogens (tertiary/aromatic N) is 3. The molecule has 29 heavy (non-hydrogen) atoms. The van der Waals surface area contributed by atoms with E-state index in [1.807, 2.05) is 30.5 Å². The second-order valence-corrected chi connectivity index (χ2v) is 7.48. The number of hydrogen-bond acceptors (Lipinski definition) is 7. The van der Waals surface area contributed by atoms with Crippen molar-refractivity contribution in [2.24, 2.45) is 5.16 Å². The smallest absolute Gasteiger partial charge is 0.161 e. The van der Waals surface area contributed by atoms with Gasteiger partial charge in [-0.3, -0.25) is 0 Å². The van der Waals surface area contributed by atoms with Crippen molar-refractivity contribution in [2.45, 2.75) is 31.8 Å². The Morgan fingerprint density at radius 1 is 1.28 bits per heavy atom. The molecule has 7 nitrogen and oxygen atoms in total. The quantitative estimate of drug-likeness (QED) is 0.666. The van der Waals surface area contributed by atoms with Crippen molar-refractivity contribution in [2.75, 3.05) is 5.73 Å². The van der Waals surface area contributed by atoms with E-state index in [1.165, 1.54) is 0 Å². The number of aromatic nitrogens is 2. The molecule has 0 spiro atoms. The SMILES string of the molecule is Nc1ncccc1C1CC(CC2=CNC(OCc3cc(Cl)nc(Cl)c3)C=C2)=NO1. The van der Waals surface area contributed by atoms with Gasteiger partial charge < -0.3 is 20.6 Å². The molecule has 0 bridgehead atoms. The van der Waals surface area contributed by atoms with Crippen LogP contribution >= 0.6 is 23.2 Å². The number of rotatable bonds is 6. The minimum atomic E-state index is -0.242. The summed E-state index contributed by atoms with van der Waals surface area (Å²) < 4.78 is 5.82. The molecule has 0 saturated carbocycles. The summed E-state index contributed by atoms with van der Waals surface area (Å²) in [6, 6.07) is 7.21. The van der Waals surface area contributed by atoms with Gasteiger partial charge in [0, 0.05) is 30.8 Å². The minimum absolute atomic E-state index is 0.185. The van der Waals surface area contributed by atoms with Crippen LogP contribution in [0.4, 0.5) is 5.82 Å². The third-order valence-corrected chi connectivity index (χ3v) is 4.91. The minimum Gasteiger partial charge on any atom is -0.387 e. The second-order valence-electron chi connectivity index (χ2n) is 6.71. The molecule has 0 saturated heterocycles. The number of oxime groups is 1. The summed E-state index contributed by atoms with van der Waals surface area (Å²) in [5.74, 6) is 0.476. The fourth-order valence-electron chi connectivity index (χ4n) is 3.14. The van der Waals surface area contributed by atoms with Gasteiger partial charge in [-0.15, -0.1) is 0 Å². The van der Waals surface area contributed by atoms with Crippen LogP contribution in [0.2, 0.25) is 10.3 Å². The van der Waals surface area contributed by atoms with E-state index >= 15 is 0 Å². The Labute approximate surface area is 178 Å². The van der Waals surface area contributed by atoms with E-state index in [2.05, 4.69) is 20.4 Å². The fourth-order valence-corrected chi connectivity index (χ4v) is 3.64. The number of nitrogens with two attached hydrogens (primary N) is 1.